The number of ether oxygens (including phenoxy) is 2. The van der Waals surface area contributed by atoms with Gasteiger partial charge in [-0.3, -0.25) is 9.59 Å². The van der Waals surface area contributed by atoms with Crippen molar-refractivity contribution >= 4 is 29.9 Å². The number of carbonyl (C=O) groups is 2. The lowest BCUT2D eigenvalue weighted by molar-refractivity contribution is -0.139. The largest absolute Gasteiger partial charge is 0.486 e. The standard InChI is InChI=1S/C16H21N3O4.ClH/c1-2-19(16(21)11-8-17-9-11)10-15(20)18-12-3-4-13-14(7-12)23-6-5-22-13;/h3-4,7,11,17H,2,5-6,8-10H2,1H3,(H,18,20);1H. The van der Waals surface area contributed by atoms with Crippen molar-refractivity contribution in [2.45, 2.75) is 6.92 Å². The fourth-order valence-corrected chi connectivity index (χ4v) is 2.56. The van der Waals surface area contributed by atoms with Crippen molar-refractivity contribution in [1.82, 2.24) is 10.2 Å². The topological polar surface area (TPSA) is 79.9 Å². The third-order valence-electron chi connectivity index (χ3n) is 3.98. The molecule has 2 aliphatic rings. The molecule has 132 valence electrons. The summed E-state index contributed by atoms with van der Waals surface area (Å²) in [4.78, 5) is 26.0. The van der Waals surface area contributed by atoms with Crippen LogP contribution >= 0.6 is 12.4 Å². The van der Waals surface area contributed by atoms with Gasteiger partial charge in [-0.1, -0.05) is 0 Å². The Morgan fingerprint density at radius 2 is 1.96 bits per heavy atom. The number of anilines is 1. The number of amides is 2. The Morgan fingerprint density at radius 1 is 1.25 bits per heavy atom. The number of halogens is 1. The first-order valence-electron chi connectivity index (χ1n) is 7.86. The van der Waals surface area contributed by atoms with Crippen LogP contribution in [0.2, 0.25) is 0 Å². The summed E-state index contributed by atoms with van der Waals surface area (Å²) in [5.41, 5.74) is 0.632. The summed E-state index contributed by atoms with van der Waals surface area (Å²) in [5, 5.41) is 5.87. The van der Waals surface area contributed by atoms with E-state index in [-0.39, 0.29) is 36.7 Å². The zero-order chi connectivity index (χ0) is 16.2. The van der Waals surface area contributed by atoms with E-state index in [2.05, 4.69) is 10.6 Å². The zero-order valence-corrected chi connectivity index (χ0v) is 14.4. The van der Waals surface area contributed by atoms with E-state index >= 15 is 0 Å². The van der Waals surface area contributed by atoms with Gasteiger partial charge >= 0.3 is 0 Å². The van der Waals surface area contributed by atoms with E-state index in [1.54, 1.807) is 23.1 Å². The van der Waals surface area contributed by atoms with E-state index in [1.165, 1.54) is 0 Å². The highest BCUT2D eigenvalue weighted by atomic mass is 35.5. The first-order chi connectivity index (χ1) is 11.2. The maximum atomic E-state index is 12.2. The van der Waals surface area contributed by atoms with Crippen LogP contribution in [-0.2, 0) is 9.59 Å². The third kappa shape index (κ3) is 4.10. The van der Waals surface area contributed by atoms with Gasteiger partial charge in [0.05, 0.1) is 12.5 Å². The van der Waals surface area contributed by atoms with Gasteiger partial charge in [-0.05, 0) is 19.1 Å². The Labute approximate surface area is 147 Å². The van der Waals surface area contributed by atoms with Crippen LogP contribution < -0.4 is 20.1 Å². The molecule has 0 saturated carbocycles. The maximum absolute atomic E-state index is 12.2. The lowest BCUT2D eigenvalue weighted by Gasteiger charge is -2.31. The van der Waals surface area contributed by atoms with Gasteiger partial charge in [0.1, 0.15) is 13.2 Å². The third-order valence-corrected chi connectivity index (χ3v) is 3.98. The van der Waals surface area contributed by atoms with Gasteiger partial charge in [0, 0.05) is 31.4 Å². The summed E-state index contributed by atoms with van der Waals surface area (Å²) in [5.74, 6) is 1.11. The van der Waals surface area contributed by atoms with Crippen molar-refractivity contribution in [3.8, 4) is 11.5 Å². The molecule has 7 nitrogen and oxygen atoms in total. The number of hydrogen-bond donors (Lipinski definition) is 2. The molecule has 1 aromatic rings. The molecule has 0 atom stereocenters. The lowest BCUT2D eigenvalue weighted by atomic mass is 10.0. The van der Waals surface area contributed by atoms with Gasteiger partial charge < -0.3 is 25.0 Å². The molecule has 0 radical (unpaired) electrons. The van der Waals surface area contributed by atoms with Crippen molar-refractivity contribution in [3.63, 3.8) is 0 Å². The Morgan fingerprint density at radius 3 is 2.58 bits per heavy atom. The highest BCUT2D eigenvalue weighted by Gasteiger charge is 2.29. The molecule has 2 N–H and O–H groups in total. The minimum absolute atomic E-state index is 0. The normalized spacial score (nSPS) is 15.7. The van der Waals surface area contributed by atoms with Crippen molar-refractivity contribution in [2.75, 3.05) is 44.7 Å². The average molecular weight is 356 g/mol. The number of likely N-dealkylation sites (N-methyl/N-ethyl adjacent to an activating group) is 1. The zero-order valence-electron chi connectivity index (χ0n) is 13.5. The predicted octanol–water partition coefficient (Wildman–Crippen LogP) is 0.886. The van der Waals surface area contributed by atoms with Gasteiger partial charge in [0.15, 0.2) is 11.5 Å². The molecule has 2 heterocycles. The van der Waals surface area contributed by atoms with Crippen LogP contribution in [0.25, 0.3) is 0 Å². The van der Waals surface area contributed by atoms with Gasteiger partial charge in [0.2, 0.25) is 11.8 Å². The van der Waals surface area contributed by atoms with Gasteiger partial charge in [-0.25, -0.2) is 0 Å². The summed E-state index contributed by atoms with van der Waals surface area (Å²) in [6.45, 7) is 4.87. The van der Waals surface area contributed by atoms with Crippen LogP contribution in [0.5, 0.6) is 11.5 Å². The van der Waals surface area contributed by atoms with Crippen LogP contribution in [-0.4, -0.2) is 56.1 Å². The molecule has 1 fully saturated rings. The quantitative estimate of drug-likeness (QED) is 0.820. The Balaban J connectivity index is 0.00000208. The molecular weight excluding hydrogens is 334 g/mol. The minimum Gasteiger partial charge on any atom is -0.486 e. The number of nitrogens with zero attached hydrogens (tertiary/aromatic N) is 1. The van der Waals surface area contributed by atoms with E-state index < -0.39 is 0 Å². The number of benzene rings is 1. The average Bonchev–Trinajstić information content (AvgIpc) is 2.50. The molecule has 1 saturated heterocycles. The van der Waals surface area contributed by atoms with E-state index in [0.717, 1.165) is 0 Å². The lowest BCUT2D eigenvalue weighted by Crippen LogP contribution is -2.53. The van der Waals surface area contributed by atoms with E-state index in [9.17, 15) is 9.59 Å². The number of nitrogens with one attached hydrogen (secondary N) is 2. The molecule has 0 unspecified atom stereocenters. The second-order valence-electron chi connectivity index (χ2n) is 5.61. The van der Waals surface area contributed by atoms with E-state index in [1.807, 2.05) is 6.92 Å². The number of rotatable bonds is 5. The fraction of sp³-hybridized carbons (Fsp3) is 0.500. The van der Waals surface area contributed by atoms with E-state index in [0.29, 0.717) is 50.0 Å². The van der Waals surface area contributed by atoms with Crippen molar-refractivity contribution < 1.29 is 19.1 Å². The molecule has 2 amide bonds. The molecule has 8 heteroatoms. The predicted molar refractivity (Wildman–Crippen MR) is 91.9 cm³/mol. The molecule has 0 aliphatic carbocycles. The number of carbonyl (C=O) groups excluding carboxylic acids is 2. The number of hydrogen-bond acceptors (Lipinski definition) is 5. The van der Waals surface area contributed by atoms with Crippen molar-refractivity contribution in [2.24, 2.45) is 5.92 Å². The van der Waals surface area contributed by atoms with Crippen LogP contribution in [0.1, 0.15) is 6.92 Å². The smallest absolute Gasteiger partial charge is 0.243 e. The second kappa shape index (κ2) is 8.21. The van der Waals surface area contributed by atoms with Gasteiger partial charge in [-0.2, -0.15) is 0 Å². The molecule has 0 spiro atoms. The van der Waals surface area contributed by atoms with Crippen LogP contribution in [0.15, 0.2) is 18.2 Å². The second-order valence-corrected chi connectivity index (χ2v) is 5.61. The monoisotopic (exact) mass is 355 g/mol. The SMILES string of the molecule is CCN(CC(=O)Nc1ccc2c(c1)OCCO2)C(=O)C1CNC1.Cl. The first-order valence-corrected chi connectivity index (χ1v) is 7.86. The molecule has 24 heavy (non-hydrogen) atoms. The van der Waals surface area contributed by atoms with E-state index in [4.69, 9.17) is 9.47 Å². The summed E-state index contributed by atoms with van der Waals surface area (Å²) in [7, 11) is 0. The molecule has 0 bridgehead atoms. The molecule has 1 aromatic carbocycles. The van der Waals surface area contributed by atoms with Crippen molar-refractivity contribution in [1.29, 1.82) is 0 Å². The van der Waals surface area contributed by atoms with Crippen LogP contribution in [0.3, 0.4) is 0 Å². The first kappa shape index (κ1) is 18.4. The summed E-state index contributed by atoms with van der Waals surface area (Å²) >= 11 is 0. The fourth-order valence-electron chi connectivity index (χ4n) is 2.56. The summed E-state index contributed by atoms with van der Waals surface area (Å²) in [6.07, 6.45) is 0. The Bertz CT molecular complexity index is 607. The van der Waals surface area contributed by atoms with Crippen molar-refractivity contribution in [3.05, 3.63) is 18.2 Å². The van der Waals surface area contributed by atoms with Crippen LogP contribution in [0.4, 0.5) is 5.69 Å². The Hall–Kier alpha value is -1.99. The summed E-state index contributed by atoms with van der Waals surface area (Å²) in [6, 6.07) is 5.27. The summed E-state index contributed by atoms with van der Waals surface area (Å²) < 4.78 is 10.9. The highest BCUT2D eigenvalue weighted by Crippen LogP contribution is 2.32. The molecule has 3 rings (SSSR count). The van der Waals surface area contributed by atoms with Gasteiger partial charge in [-0.15, -0.1) is 12.4 Å². The highest BCUT2D eigenvalue weighted by molar-refractivity contribution is 5.95. The molecule has 0 aromatic heterocycles. The maximum Gasteiger partial charge on any atom is 0.243 e. The molecular formula is C16H22ClN3O4. The van der Waals surface area contributed by atoms with Crippen LogP contribution in [0, 0.1) is 5.92 Å². The minimum atomic E-state index is -0.218. The number of fused-ring (bicyclic) bond motifs is 1. The van der Waals surface area contributed by atoms with Gasteiger partial charge in [0.25, 0.3) is 0 Å². The Kier molecular flexibility index (Phi) is 6.28. The molecule has 2 aliphatic heterocycles.